The molecule has 144 valence electrons. The fourth-order valence-electron chi connectivity index (χ4n) is 4.27. The number of unbranched alkanes of at least 4 members (excludes halogenated alkanes) is 2. The average Bonchev–Trinajstić information content (AvgIpc) is 3.12. The highest BCUT2D eigenvalue weighted by atomic mass is 79.9. The summed E-state index contributed by atoms with van der Waals surface area (Å²) in [4.78, 5) is 0. The molecule has 0 aromatic heterocycles. The van der Waals surface area contributed by atoms with E-state index in [0.717, 1.165) is 47.0 Å². The van der Waals surface area contributed by atoms with Gasteiger partial charge in [-0.05, 0) is 18.4 Å². The predicted molar refractivity (Wildman–Crippen MR) is 106 cm³/mol. The molecule has 0 spiro atoms. The van der Waals surface area contributed by atoms with Gasteiger partial charge < -0.3 is 20.1 Å². The van der Waals surface area contributed by atoms with Crippen molar-refractivity contribution in [3.63, 3.8) is 0 Å². The molecule has 2 aliphatic rings. The Balaban J connectivity index is 1.80. The fourth-order valence-corrected chi connectivity index (χ4v) is 4.81. The highest BCUT2D eigenvalue weighted by Gasteiger charge is 2.49. The quantitative estimate of drug-likeness (QED) is 0.556. The first kappa shape index (κ1) is 19.9. The van der Waals surface area contributed by atoms with Crippen molar-refractivity contribution in [2.45, 2.75) is 69.7 Å². The summed E-state index contributed by atoms with van der Waals surface area (Å²) in [6, 6.07) is 6.05. The first-order valence-electron chi connectivity index (χ1n) is 9.69. The van der Waals surface area contributed by atoms with Crippen LogP contribution in [0.1, 0.15) is 56.1 Å². The summed E-state index contributed by atoms with van der Waals surface area (Å²) in [6.07, 6.45) is 6.09. The van der Waals surface area contributed by atoms with Gasteiger partial charge in [-0.1, -0.05) is 66.4 Å². The van der Waals surface area contributed by atoms with Crippen molar-refractivity contribution in [3.05, 3.63) is 39.9 Å². The maximum atomic E-state index is 10.6. The molecule has 1 heterocycles. The number of fused-ring (bicyclic) bond motifs is 3. The van der Waals surface area contributed by atoms with E-state index < -0.39 is 12.2 Å². The highest BCUT2D eigenvalue weighted by Crippen LogP contribution is 2.52. The summed E-state index contributed by atoms with van der Waals surface area (Å²) in [5, 5.41) is 30.2. The van der Waals surface area contributed by atoms with Crippen LogP contribution in [-0.4, -0.2) is 40.2 Å². The van der Waals surface area contributed by atoms with E-state index in [4.69, 9.17) is 4.74 Å². The molecular weight excluding hydrogens is 396 g/mol. The predicted octanol–water partition coefficient (Wildman–Crippen LogP) is 3.67. The zero-order valence-electron chi connectivity index (χ0n) is 15.3. The van der Waals surface area contributed by atoms with Gasteiger partial charge in [0.25, 0.3) is 0 Å². The van der Waals surface area contributed by atoms with Gasteiger partial charge in [-0.2, -0.15) is 0 Å². The van der Waals surface area contributed by atoms with Crippen LogP contribution in [-0.2, 0) is 6.42 Å². The molecule has 3 N–H and O–H groups in total. The second kappa shape index (κ2) is 8.87. The minimum Gasteiger partial charge on any atom is -0.489 e. The van der Waals surface area contributed by atoms with Gasteiger partial charge in [0.1, 0.15) is 11.9 Å². The largest absolute Gasteiger partial charge is 0.489 e. The normalized spacial score (nSPS) is 28.6. The topological polar surface area (TPSA) is 69.9 Å². The number of hydrogen-bond acceptors (Lipinski definition) is 4. The standard InChI is InChI=1S/C21H29BrO4/c1-2-3-4-8-17(24)16(22)11-15-18(25)12-19-20(15)14-7-5-6-13(9-10-23)21(14)26-19/h5-7,11,15,17-20,23-25H,2-4,8-10,12H2,1H3/t15-,17+,18+,19-,20+/m0/s1. The summed E-state index contributed by atoms with van der Waals surface area (Å²) < 4.78 is 6.92. The number of aliphatic hydroxyl groups is 3. The third kappa shape index (κ3) is 4.01. The molecule has 3 rings (SSSR count). The molecule has 5 atom stereocenters. The maximum absolute atomic E-state index is 10.6. The van der Waals surface area contributed by atoms with Gasteiger partial charge in [0.05, 0.1) is 12.2 Å². The Kier molecular flexibility index (Phi) is 6.78. The molecule has 0 radical (unpaired) electrons. The lowest BCUT2D eigenvalue weighted by atomic mass is 9.86. The molecule has 4 nitrogen and oxygen atoms in total. The molecule has 0 saturated heterocycles. The Hall–Kier alpha value is -0.880. The molecule has 1 saturated carbocycles. The van der Waals surface area contributed by atoms with E-state index in [1.54, 1.807) is 0 Å². The molecule has 1 aliphatic carbocycles. The number of halogens is 1. The van der Waals surface area contributed by atoms with Crippen LogP contribution in [0.15, 0.2) is 28.8 Å². The van der Waals surface area contributed by atoms with Crippen LogP contribution in [0.2, 0.25) is 0 Å². The maximum Gasteiger partial charge on any atom is 0.126 e. The van der Waals surface area contributed by atoms with E-state index in [-0.39, 0.29) is 24.5 Å². The Labute approximate surface area is 164 Å². The van der Waals surface area contributed by atoms with Crippen LogP contribution in [0.5, 0.6) is 5.75 Å². The second-order valence-corrected chi connectivity index (χ2v) is 8.35. The summed E-state index contributed by atoms with van der Waals surface area (Å²) in [5.41, 5.74) is 2.13. The lowest BCUT2D eigenvalue weighted by molar-refractivity contribution is 0.135. The van der Waals surface area contributed by atoms with Gasteiger partial charge in [-0.15, -0.1) is 0 Å². The summed E-state index contributed by atoms with van der Waals surface area (Å²) >= 11 is 3.54. The van der Waals surface area contributed by atoms with E-state index in [0.29, 0.717) is 12.8 Å². The zero-order valence-corrected chi connectivity index (χ0v) is 16.9. The molecule has 5 heteroatoms. The van der Waals surface area contributed by atoms with Gasteiger partial charge in [0.15, 0.2) is 0 Å². The molecule has 0 unspecified atom stereocenters. The van der Waals surface area contributed by atoms with E-state index in [1.807, 2.05) is 18.2 Å². The molecule has 1 fully saturated rings. The number of para-hydroxylation sites is 1. The number of rotatable bonds is 8. The van der Waals surface area contributed by atoms with Crippen molar-refractivity contribution >= 4 is 15.9 Å². The zero-order chi connectivity index (χ0) is 18.7. The van der Waals surface area contributed by atoms with Crippen molar-refractivity contribution in [2.24, 2.45) is 5.92 Å². The monoisotopic (exact) mass is 424 g/mol. The summed E-state index contributed by atoms with van der Waals surface area (Å²) in [7, 11) is 0. The number of benzene rings is 1. The third-order valence-electron chi connectivity index (χ3n) is 5.62. The van der Waals surface area contributed by atoms with E-state index in [2.05, 4.69) is 28.9 Å². The van der Waals surface area contributed by atoms with E-state index in [9.17, 15) is 15.3 Å². The van der Waals surface area contributed by atoms with Crippen molar-refractivity contribution < 1.29 is 20.1 Å². The van der Waals surface area contributed by atoms with Gasteiger partial charge in [-0.3, -0.25) is 0 Å². The van der Waals surface area contributed by atoms with Gasteiger partial charge in [-0.25, -0.2) is 0 Å². The number of hydrogen-bond donors (Lipinski definition) is 3. The first-order chi connectivity index (χ1) is 12.6. The number of ether oxygens (including phenoxy) is 1. The molecule has 26 heavy (non-hydrogen) atoms. The first-order valence-corrected chi connectivity index (χ1v) is 10.5. The van der Waals surface area contributed by atoms with E-state index >= 15 is 0 Å². The lowest BCUT2D eigenvalue weighted by Gasteiger charge is -2.19. The molecule has 1 aromatic rings. The van der Waals surface area contributed by atoms with Crippen LogP contribution in [0.3, 0.4) is 0 Å². The van der Waals surface area contributed by atoms with Crippen LogP contribution in [0.25, 0.3) is 0 Å². The van der Waals surface area contributed by atoms with Crippen LogP contribution < -0.4 is 4.74 Å². The fraction of sp³-hybridized carbons (Fsp3) is 0.619. The second-order valence-electron chi connectivity index (χ2n) is 7.43. The average molecular weight is 425 g/mol. The molecular formula is C21H29BrO4. The summed E-state index contributed by atoms with van der Waals surface area (Å²) in [5.74, 6) is 0.885. The Bertz CT molecular complexity index is 645. The molecule has 1 aliphatic heterocycles. The minimum atomic E-state index is -0.518. The van der Waals surface area contributed by atoms with Gasteiger partial charge in [0.2, 0.25) is 0 Å². The van der Waals surface area contributed by atoms with Crippen molar-refractivity contribution in [1.29, 1.82) is 0 Å². The Morgan fingerprint density at radius 1 is 1.38 bits per heavy atom. The van der Waals surface area contributed by atoms with Gasteiger partial charge in [0, 0.05) is 34.9 Å². The lowest BCUT2D eigenvalue weighted by Crippen LogP contribution is -2.18. The smallest absolute Gasteiger partial charge is 0.126 e. The highest BCUT2D eigenvalue weighted by molar-refractivity contribution is 9.11. The summed E-state index contributed by atoms with van der Waals surface area (Å²) in [6.45, 7) is 2.24. The molecule has 1 aromatic carbocycles. The van der Waals surface area contributed by atoms with E-state index in [1.165, 1.54) is 0 Å². The van der Waals surface area contributed by atoms with Crippen molar-refractivity contribution in [3.8, 4) is 5.75 Å². The molecule has 0 amide bonds. The van der Waals surface area contributed by atoms with Crippen LogP contribution in [0.4, 0.5) is 0 Å². The SMILES string of the molecule is CCCCC[C@@H](O)C(Br)=C[C@@H]1[C@H]2c3cccc(CCO)c3O[C@H]2C[C@H]1O. The minimum absolute atomic E-state index is 0.0429. The number of aliphatic hydroxyl groups excluding tert-OH is 3. The Morgan fingerprint density at radius 3 is 2.92 bits per heavy atom. The van der Waals surface area contributed by atoms with Crippen molar-refractivity contribution in [1.82, 2.24) is 0 Å². The third-order valence-corrected chi connectivity index (χ3v) is 6.41. The van der Waals surface area contributed by atoms with Crippen molar-refractivity contribution in [2.75, 3.05) is 6.61 Å². The van der Waals surface area contributed by atoms with Crippen LogP contribution >= 0.6 is 15.9 Å². The molecule has 0 bridgehead atoms. The van der Waals surface area contributed by atoms with Gasteiger partial charge >= 0.3 is 0 Å². The van der Waals surface area contributed by atoms with Crippen LogP contribution in [0, 0.1) is 5.92 Å². The Morgan fingerprint density at radius 2 is 2.19 bits per heavy atom.